The van der Waals surface area contributed by atoms with Crippen molar-refractivity contribution in [1.82, 2.24) is 0 Å². The quantitative estimate of drug-likeness (QED) is 0.277. The Morgan fingerprint density at radius 3 is 1.53 bits per heavy atom. The molecular weight excluding hydrogens is 230 g/mol. The molecule has 2 N–H and O–H groups in total. The number of hydrogen-bond acceptors (Lipinski definition) is 1. The molecule has 1 heteroatoms. The first-order valence-corrected chi connectivity index (χ1v) is 8.77. The monoisotopic (exact) mass is 269 g/mol. The molecule has 0 radical (unpaired) electrons. The van der Waals surface area contributed by atoms with E-state index in [-0.39, 0.29) is 1.43 Å². The summed E-state index contributed by atoms with van der Waals surface area (Å²) in [4.78, 5) is 0. The Hall–Kier alpha value is -0.300. The summed E-state index contributed by atoms with van der Waals surface area (Å²) in [6.07, 6.45) is 23.9. The van der Waals surface area contributed by atoms with Crippen molar-refractivity contribution in [2.45, 2.75) is 96.8 Å². The highest BCUT2D eigenvalue weighted by atomic mass is 14.5. The van der Waals surface area contributed by atoms with E-state index in [1.54, 1.807) is 0 Å². The molecule has 0 aliphatic heterocycles. The zero-order valence-electron chi connectivity index (χ0n) is 13.3. The van der Waals surface area contributed by atoms with Crippen LogP contribution >= 0.6 is 0 Å². The minimum Gasteiger partial charge on any atom is -0.330 e. The molecule has 0 aromatic heterocycles. The fraction of sp³-hybridized carbons (Fsp3) is 0.889. The maximum absolute atomic E-state index is 5.47. The fourth-order valence-electron chi connectivity index (χ4n) is 2.39. The molecule has 0 aliphatic carbocycles. The fourth-order valence-corrected chi connectivity index (χ4v) is 2.39. The van der Waals surface area contributed by atoms with Gasteiger partial charge in [-0.1, -0.05) is 76.9 Å². The molecule has 0 spiro atoms. The van der Waals surface area contributed by atoms with Crippen LogP contribution in [0.25, 0.3) is 0 Å². The Bertz CT molecular complexity index is 180. The minimum absolute atomic E-state index is 0. The molecule has 116 valence electrons. The van der Waals surface area contributed by atoms with Crippen molar-refractivity contribution >= 4 is 0 Å². The maximum Gasteiger partial charge on any atom is 0 e. The van der Waals surface area contributed by atoms with Crippen molar-refractivity contribution in [2.75, 3.05) is 6.54 Å². The smallest absolute Gasteiger partial charge is 0 e. The van der Waals surface area contributed by atoms with Crippen LogP contribution in [0.4, 0.5) is 0 Å². The van der Waals surface area contributed by atoms with Crippen LogP contribution in [-0.4, -0.2) is 6.54 Å². The number of nitrogens with two attached hydrogens (primary N) is 1. The molecule has 0 aromatic rings. The van der Waals surface area contributed by atoms with Gasteiger partial charge >= 0.3 is 0 Å². The van der Waals surface area contributed by atoms with E-state index in [1.807, 2.05) is 0 Å². The molecule has 0 heterocycles. The van der Waals surface area contributed by atoms with E-state index in [2.05, 4.69) is 19.1 Å². The van der Waals surface area contributed by atoms with Crippen molar-refractivity contribution in [3.05, 3.63) is 12.2 Å². The van der Waals surface area contributed by atoms with Gasteiger partial charge in [-0.3, -0.25) is 0 Å². The Kier molecular flexibility index (Phi) is 17.4. The van der Waals surface area contributed by atoms with E-state index in [1.165, 1.54) is 89.9 Å². The predicted molar refractivity (Wildman–Crippen MR) is 90.6 cm³/mol. The summed E-state index contributed by atoms with van der Waals surface area (Å²) in [5.41, 5.74) is 5.47. The second kappa shape index (κ2) is 17.7. The van der Waals surface area contributed by atoms with Crippen LogP contribution in [0.3, 0.4) is 0 Å². The molecule has 1 nitrogen and oxygen atoms in total. The summed E-state index contributed by atoms with van der Waals surface area (Å²) >= 11 is 0. The number of hydrogen-bond donors (Lipinski definition) is 1. The summed E-state index contributed by atoms with van der Waals surface area (Å²) in [5, 5.41) is 0. The number of allylic oxidation sites excluding steroid dienone is 2. The molecule has 0 bridgehead atoms. The first-order chi connectivity index (χ1) is 9.41. The van der Waals surface area contributed by atoms with Gasteiger partial charge in [0.15, 0.2) is 0 Å². The molecule has 0 amide bonds. The minimum atomic E-state index is 0. The van der Waals surface area contributed by atoms with Gasteiger partial charge in [-0.2, -0.15) is 0 Å². The van der Waals surface area contributed by atoms with Gasteiger partial charge in [0.25, 0.3) is 0 Å². The first-order valence-electron chi connectivity index (χ1n) is 8.77. The van der Waals surface area contributed by atoms with Crippen molar-refractivity contribution in [3.8, 4) is 0 Å². The van der Waals surface area contributed by atoms with Gasteiger partial charge in [0.05, 0.1) is 0 Å². The topological polar surface area (TPSA) is 26.0 Å². The lowest BCUT2D eigenvalue weighted by atomic mass is 10.1. The maximum atomic E-state index is 5.47. The van der Waals surface area contributed by atoms with Crippen molar-refractivity contribution in [1.29, 1.82) is 0 Å². The molecule has 0 saturated carbocycles. The highest BCUT2D eigenvalue weighted by Crippen LogP contribution is 2.09. The first kappa shape index (κ1) is 18.7. The van der Waals surface area contributed by atoms with E-state index in [0.717, 1.165) is 6.54 Å². The SMILES string of the molecule is CCCCCCCC/C=C\CCCCCCCCN.[HH]. The molecule has 0 unspecified atom stereocenters. The summed E-state index contributed by atoms with van der Waals surface area (Å²) in [5.74, 6) is 0. The standard InChI is InChI=1S/C18H37N.H2/c1-2-3-4-5-6-7-8-9-10-11-12-13-14-15-16-17-18-19;/h9-10H,2-8,11-19H2,1H3;1H/b10-9-;. The molecule has 0 aromatic carbocycles. The summed E-state index contributed by atoms with van der Waals surface area (Å²) in [6, 6.07) is 0. The molecule has 0 saturated heterocycles. The van der Waals surface area contributed by atoms with Crippen LogP contribution in [0.15, 0.2) is 12.2 Å². The Labute approximate surface area is 123 Å². The van der Waals surface area contributed by atoms with E-state index < -0.39 is 0 Å². The van der Waals surface area contributed by atoms with Gasteiger partial charge in [-0.15, -0.1) is 0 Å². The molecular formula is C18H39N. The van der Waals surface area contributed by atoms with Crippen LogP contribution in [0.2, 0.25) is 0 Å². The molecule has 0 atom stereocenters. The summed E-state index contributed by atoms with van der Waals surface area (Å²) < 4.78 is 0. The average Bonchev–Trinajstić information content (AvgIpc) is 2.43. The third kappa shape index (κ3) is 17.7. The van der Waals surface area contributed by atoms with E-state index in [4.69, 9.17) is 5.73 Å². The van der Waals surface area contributed by atoms with E-state index >= 15 is 0 Å². The van der Waals surface area contributed by atoms with Crippen LogP contribution in [0.1, 0.15) is 98.2 Å². The number of unbranched alkanes of at least 4 members (excludes halogenated alkanes) is 12. The second-order valence-electron chi connectivity index (χ2n) is 5.73. The molecule has 0 rings (SSSR count). The van der Waals surface area contributed by atoms with Gasteiger partial charge in [-0.05, 0) is 38.6 Å². The lowest BCUT2D eigenvalue weighted by Crippen LogP contribution is -1.97. The molecule has 0 fully saturated rings. The van der Waals surface area contributed by atoms with Crippen LogP contribution in [0, 0.1) is 0 Å². The average molecular weight is 270 g/mol. The molecule has 0 aliphatic rings. The predicted octanol–water partition coefficient (Wildman–Crippen LogP) is 6.23. The highest BCUT2D eigenvalue weighted by molar-refractivity contribution is 4.81. The zero-order chi connectivity index (χ0) is 14.0. The highest BCUT2D eigenvalue weighted by Gasteiger charge is 1.90. The largest absolute Gasteiger partial charge is 0.330 e. The van der Waals surface area contributed by atoms with Crippen molar-refractivity contribution < 1.29 is 1.43 Å². The Morgan fingerprint density at radius 1 is 0.632 bits per heavy atom. The van der Waals surface area contributed by atoms with E-state index in [0.29, 0.717) is 0 Å². The summed E-state index contributed by atoms with van der Waals surface area (Å²) in [6.45, 7) is 3.14. The van der Waals surface area contributed by atoms with Gasteiger partial charge in [0.2, 0.25) is 0 Å². The van der Waals surface area contributed by atoms with Gasteiger partial charge in [-0.25, -0.2) is 0 Å². The second-order valence-corrected chi connectivity index (χ2v) is 5.73. The van der Waals surface area contributed by atoms with Gasteiger partial charge in [0, 0.05) is 1.43 Å². The van der Waals surface area contributed by atoms with Gasteiger partial charge < -0.3 is 5.73 Å². The normalized spacial score (nSPS) is 11.5. The van der Waals surface area contributed by atoms with Crippen LogP contribution in [0.5, 0.6) is 0 Å². The third-order valence-electron chi connectivity index (χ3n) is 3.72. The lowest BCUT2D eigenvalue weighted by Gasteiger charge is -1.99. The molecule has 19 heavy (non-hydrogen) atoms. The van der Waals surface area contributed by atoms with Crippen LogP contribution in [-0.2, 0) is 0 Å². The summed E-state index contributed by atoms with van der Waals surface area (Å²) in [7, 11) is 0. The third-order valence-corrected chi connectivity index (χ3v) is 3.72. The van der Waals surface area contributed by atoms with Crippen molar-refractivity contribution in [2.24, 2.45) is 5.73 Å². The Balaban J connectivity index is 0. The Morgan fingerprint density at radius 2 is 1.05 bits per heavy atom. The van der Waals surface area contributed by atoms with Crippen LogP contribution < -0.4 is 5.73 Å². The van der Waals surface area contributed by atoms with E-state index in [9.17, 15) is 0 Å². The van der Waals surface area contributed by atoms with Gasteiger partial charge in [0.1, 0.15) is 0 Å². The number of rotatable bonds is 15. The van der Waals surface area contributed by atoms with Crippen molar-refractivity contribution in [3.63, 3.8) is 0 Å². The zero-order valence-corrected chi connectivity index (χ0v) is 13.3. The lowest BCUT2D eigenvalue weighted by molar-refractivity contribution is 0.599.